The Morgan fingerprint density at radius 3 is 2.17 bits per heavy atom. The van der Waals surface area contributed by atoms with Gasteiger partial charge in [0, 0.05) is 6.20 Å². The van der Waals surface area contributed by atoms with Gasteiger partial charge in [0.25, 0.3) is 5.56 Å². The van der Waals surface area contributed by atoms with Gasteiger partial charge in [-0.15, -0.1) is 13.2 Å². The number of pyridine rings is 1. The second-order valence-electron chi connectivity index (χ2n) is 2.89. The quantitative estimate of drug-likeness (QED) is 0.796. The molecule has 0 amide bonds. The maximum atomic E-state index is 12.4. The first-order valence-electron chi connectivity index (χ1n) is 4.05. The number of hydrogen-bond donors (Lipinski definition) is 1. The zero-order valence-electron chi connectivity index (χ0n) is 8.11. The van der Waals surface area contributed by atoms with Crippen LogP contribution in [-0.2, 0) is 6.18 Å². The maximum absolute atomic E-state index is 12.4. The van der Waals surface area contributed by atoms with E-state index in [9.17, 15) is 31.1 Å². The highest BCUT2D eigenvalue weighted by molar-refractivity contribution is 5.47. The van der Waals surface area contributed by atoms with E-state index in [-0.39, 0.29) is 6.20 Å². The molecule has 0 saturated heterocycles. The van der Waals surface area contributed by atoms with Crippen LogP contribution >= 0.6 is 0 Å². The molecule has 98 valence electrons. The average molecular weight is 272 g/mol. The number of ether oxygens (including phenoxy) is 1. The van der Waals surface area contributed by atoms with Crippen molar-refractivity contribution in [3.05, 3.63) is 27.7 Å². The molecule has 1 aromatic heterocycles. The SMILES string of the molecule is N#Cc1c(OC(F)(F)F)c(C(F)(F)F)c[nH]c1=O. The van der Waals surface area contributed by atoms with Gasteiger partial charge in [0.1, 0.15) is 11.6 Å². The third-order valence-electron chi connectivity index (χ3n) is 1.68. The summed E-state index contributed by atoms with van der Waals surface area (Å²) in [4.78, 5) is 12.5. The van der Waals surface area contributed by atoms with Gasteiger partial charge in [0.15, 0.2) is 11.3 Å². The third kappa shape index (κ3) is 2.93. The van der Waals surface area contributed by atoms with Crippen molar-refractivity contribution in [3.8, 4) is 11.8 Å². The highest BCUT2D eigenvalue weighted by Gasteiger charge is 2.41. The van der Waals surface area contributed by atoms with Crippen LogP contribution in [0.5, 0.6) is 5.75 Å². The Morgan fingerprint density at radius 2 is 1.78 bits per heavy atom. The van der Waals surface area contributed by atoms with E-state index in [1.54, 1.807) is 0 Å². The van der Waals surface area contributed by atoms with Crippen molar-refractivity contribution in [1.29, 1.82) is 5.26 Å². The largest absolute Gasteiger partial charge is 0.573 e. The third-order valence-corrected chi connectivity index (χ3v) is 1.68. The molecule has 0 aliphatic rings. The highest BCUT2D eigenvalue weighted by atomic mass is 19.4. The van der Waals surface area contributed by atoms with Gasteiger partial charge in [-0.1, -0.05) is 0 Å². The summed E-state index contributed by atoms with van der Waals surface area (Å²) in [5.41, 5.74) is -4.71. The fraction of sp³-hybridized carbons (Fsp3) is 0.250. The van der Waals surface area contributed by atoms with Crippen LogP contribution in [0.1, 0.15) is 11.1 Å². The van der Waals surface area contributed by atoms with Crippen molar-refractivity contribution in [2.75, 3.05) is 0 Å². The van der Waals surface area contributed by atoms with Gasteiger partial charge >= 0.3 is 12.5 Å². The van der Waals surface area contributed by atoms with E-state index >= 15 is 0 Å². The van der Waals surface area contributed by atoms with E-state index in [0.717, 1.165) is 6.07 Å². The number of H-pyrrole nitrogens is 1. The molecule has 1 rings (SSSR count). The second kappa shape index (κ2) is 4.25. The summed E-state index contributed by atoms with van der Waals surface area (Å²) >= 11 is 0. The molecule has 0 aliphatic carbocycles. The van der Waals surface area contributed by atoms with Crippen LogP contribution < -0.4 is 10.3 Å². The maximum Gasteiger partial charge on any atom is 0.573 e. The predicted octanol–water partition coefficient (Wildman–Crippen LogP) is 2.16. The summed E-state index contributed by atoms with van der Waals surface area (Å²) in [6.45, 7) is 0. The van der Waals surface area contributed by atoms with Crippen LogP contribution in [0.2, 0.25) is 0 Å². The Hall–Kier alpha value is -2.18. The van der Waals surface area contributed by atoms with E-state index in [4.69, 9.17) is 5.26 Å². The van der Waals surface area contributed by atoms with E-state index in [1.165, 1.54) is 4.98 Å². The number of hydrogen-bond acceptors (Lipinski definition) is 3. The monoisotopic (exact) mass is 272 g/mol. The first-order chi connectivity index (χ1) is 8.06. The molecule has 0 atom stereocenters. The Bertz CT molecular complexity index is 551. The predicted molar refractivity (Wildman–Crippen MR) is 43.5 cm³/mol. The molecule has 0 aliphatic heterocycles. The zero-order chi connectivity index (χ0) is 14.1. The van der Waals surface area contributed by atoms with E-state index < -0.39 is 35.0 Å². The standard InChI is InChI=1S/C8H2F6N2O2/c9-7(10,11)4-2-16-6(17)3(1-15)5(4)18-8(12,13)14/h2H,(H,16,17). The lowest BCUT2D eigenvalue weighted by Gasteiger charge is -2.15. The van der Waals surface area contributed by atoms with Crippen molar-refractivity contribution < 1.29 is 31.1 Å². The fourth-order valence-electron chi connectivity index (χ4n) is 1.05. The van der Waals surface area contributed by atoms with Gasteiger partial charge < -0.3 is 9.72 Å². The average Bonchev–Trinajstić information content (AvgIpc) is 2.13. The first kappa shape index (κ1) is 13.9. The molecule has 0 unspecified atom stereocenters. The molecular weight excluding hydrogens is 270 g/mol. The number of aromatic nitrogens is 1. The summed E-state index contributed by atoms with van der Waals surface area (Å²) in [5, 5.41) is 8.40. The fourth-order valence-corrected chi connectivity index (χ4v) is 1.05. The topological polar surface area (TPSA) is 65.9 Å². The zero-order valence-corrected chi connectivity index (χ0v) is 8.11. The Morgan fingerprint density at radius 1 is 1.22 bits per heavy atom. The lowest BCUT2D eigenvalue weighted by atomic mass is 10.1. The van der Waals surface area contributed by atoms with Crippen LogP contribution in [0, 0.1) is 11.3 Å². The smallest absolute Gasteiger partial charge is 0.403 e. The summed E-state index contributed by atoms with van der Waals surface area (Å²) in [7, 11) is 0. The Balaban J connectivity index is 3.56. The van der Waals surface area contributed by atoms with Crippen molar-refractivity contribution in [2.45, 2.75) is 12.5 Å². The van der Waals surface area contributed by atoms with Crippen LogP contribution in [0.3, 0.4) is 0 Å². The van der Waals surface area contributed by atoms with Crippen LogP contribution in [0.25, 0.3) is 0 Å². The highest BCUT2D eigenvalue weighted by Crippen LogP contribution is 2.38. The lowest BCUT2D eigenvalue weighted by Crippen LogP contribution is -2.24. The molecule has 1 heterocycles. The van der Waals surface area contributed by atoms with Gasteiger partial charge in [-0.25, -0.2) is 0 Å². The molecule has 1 N–H and O–H groups in total. The molecule has 0 aromatic carbocycles. The van der Waals surface area contributed by atoms with Crippen molar-refractivity contribution >= 4 is 0 Å². The van der Waals surface area contributed by atoms with Gasteiger partial charge in [-0.3, -0.25) is 4.79 Å². The molecule has 0 spiro atoms. The number of halogens is 6. The molecule has 0 fully saturated rings. The lowest BCUT2D eigenvalue weighted by molar-refractivity contribution is -0.276. The minimum absolute atomic E-state index is 0.00421. The van der Waals surface area contributed by atoms with Crippen molar-refractivity contribution in [1.82, 2.24) is 4.98 Å². The molecule has 1 aromatic rings. The molecular formula is C8H2F6N2O2. The van der Waals surface area contributed by atoms with Crippen LogP contribution in [0.4, 0.5) is 26.3 Å². The summed E-state index contributed by atoms with van der Waals surface area (Å²) in [5.74, 6) is -1.86. The minimum Gasteiger partial charge on any atom is -0.403 e. The molecule has 4 nitrogen and oxygen atoms in total. The molecule has 0 saturated carbocycles. The Kier molecular flexibility index (Phi) is 3.27. The van der Waals surface area contributed by atoms with Gasteiger partial charge in [-0.05, 0) is 0 Å². The van der Waals surface area contributed by atoms with Crippen LogP contribution in [0.15, 0.2) is 11.0 Å². The molecule has 10 heteroatoms. The number of aromatic amines is 1. The number of nitriles is 1. The van der Waals surface area contributed by atoms with Crippen LogP contribution in [-0.4, -0.2) is 11.3 Å². The summed E-state index contributed by atoms with van der Waals surface area (Å²) in [6.07, 6.45) is -10.7. The van der Waals surface area contributed by atoms with Crippen molar-refractivity contribution in [3.63, 3.8) is 0 Å². The van der Waals surface area contributed by atoms with Gasteiger partial charge in [0.05, 0.1) is 0 Å². The van der Waals surface area contributed by atoms with Crippen molar-refractivity contribution in [2.24, 2.45) is 0 Å². The molecule has 0 bridgehead atoms. The number of alkyl halides is 6. The number of rotatable bonds is 1. The van der Waals surface area contributed by atoms with E-state index in [0.29, 0.717) is 0 Å². The first-order valence-corrected chi connectivity index (χ1v) is 4.05. The van der Waals surface area contributed by atoms with E-state index in [2.05, 4.69) is 4.74 Å². The van der Waals surface area contributed by atoms with E-state index in [1.807, 2.05) is 0 Å². The molecule has 18 heavy (non-hydrogen) atoms. The van der Waals surface area contributed by atoms with Gasteiger partial charge in [-0.2, -0.15) is 18.4 Å². The molecule has 0 radical (unpaired) electrons. The minimum atomic E-state index is -5.46. The second-order valence-corrected chi connectivity index (χ2v) is 2.89. The normalized spacial score (nSPS) is 12.1. The summed E-state index contributed by atoms with van der Waals surface area (Å²) < 4.78 is 76.1. The summed E-state index contributed by atoms with van der Waals surface area (Å²) in [6, 6.07) is 0.930. The number of nitrogens with zero attached hydrogens (tertiary/aromatic N) is 1. The number of nitrogens with one attached hydrogen (secondary N) is 1. The Labute approximate surface area is 94.4 Å². The van der Waals surface area contributed by atoms with Gasteiger partial charge in [0.2, 0.25) is 0 Å².